The van der Waals surface area contributed by atoms with E-state index in [1.165, 1.54) is 0 Å². The standard InChI is InChI=1S/C22H23N3O4S/c1-13(2)29-16-8-9-17-18(11-16)25(3)20(23-17)12-28-15-6-4-14(5-7-15)10-19-21(26)24-22(27)30-19/h4-9,11,13,19H,10,12H2,1-3H3,(H,24,26,27). The molecule has 4 rings (SSSR count). The molecule has 1 N–H and O–H groups in total. The van der Waals surface area contributed by atoms with Gasteiger partial charge in [0.1, 0.15) is 23.9 Å². The van der Waals surface area contributed by atoms with Gasteiger partial charge in [0, 0.05) is 13.1 Å². The number of rotatable bonds is 7. The molecule has 1 aliphatic heterocycles. The highest BCUT2D eigenvalue weighted by Gasteiger charge is 2.31. The number of aromatic nitrogens is 2. The number of ether oxygens (including phenoxy) is 2. The number of amides is 2. The first-order valence-electron chi connectivity index (χ1n) is 9.74. The van der Waals surface area contributed by atoms with E-state index in [4.69, 9.17) is 9.47 Å². The average Bonchev–Trinajstić information content (AvgIpc) is 3.19. The maximum atomic E-state index is 11.7. The lowest BCUT2D eigenvalue weighted by Crippen LogP contribution is -2.25. The van der Waals surface area contributed by atoms with Gasteiger partial charge < -0.3 is 14.0 Å². The first kappa shape index (κ1) is 20.3. The first-order valence-corrected chi connectivity index (χ1v) is 10.6. The minimum absolute atomic E-state index is 0.114. The molecular formula is C22H23N3O4S. The number of nitrogens with zero attached hydrogens (tertiary/aromatic N) is 2. The van der Waals surface area contributed by atoms with Crippen LogP contribution in [0.4, 0.5) is 4.79 Å². The fraction of sp³-hybridized carbons (Fsp3) is 0.318. The zero-order chi connectivity index (χ0) is 21.3. The Morgan fingerprint density at radius 1 is 1.13 bits per heavy atom. The van der Waals surface area contributed by atoms with E-state index in [0.29, 0.717) is 18.8 Å². The molecule has 2 amide bonds. The van der Waals surface area contributed by atoms with Gasteiger partial charge in [-0.05, 0) is 50.1 Å². The van der Waals surface area contributed by atoms with Crippen LogP contribution in [-0.4, -0.2) is 32.1 Å². The number of carbonyl (C=O) groups is 2. The summed E-state index contributed by atoms with van der Waals surface area (Å²) in [6.45, 7) is 4.33. The SMILES string of the molecule is CC(C)Oc1ccc2nc(COc3ccc(CC4SC(=O)NC4=O)cc3)n(C)c2c1. The number of thioether (sulfide) groups is 1. The largest absolute Gasteiger partial charge is 0.491 e. The molecule has 1 saturated heterocycles. The third-order valence-electron chi connectivity index (χ3n) is 4.80. The first-order chi connectivity index (χ1) is 14.4. The molecule has 0 bridgehead atoms. The van der Waals surface area contributed by atoms with E-state index in [1.807, 2.05) is 67.9 Å². The fourth-order valence-electron chi connectivity index (χ4n) is 3.31. The van der Waals surface area contributed by atoms with E-state index in [-0.39, 0.29) is 22.5 Å². The molecule has 1 atom stereocenters. The molecule has 3 aromatic rings. The molecule has 2 heterocycles. The van der Waals surface area contributed by atoms with Crippen LogP contribution in [0.3, 0.4) is 0 Å². The lowest BCUT2D eigenvalue weighted by molar-refractivity contribution is -0.118. The van der Waals surface area contributed by atoms with Crippen molar-refractivity contribution in [3.8, 4) is 11.5 Å². The topological polar surface area (TPSA) is 82.5 Å². The lowest BCUT2D eigenvalue weighted by atomic mass is 10.1. The van der Waals surface area contributed by atoms with Crippen LogP contribution < -0.4 is 14.8 Å². The number of carbonyl (C=O) groups excluding carboxylic acids is 2. The summed E-state index contributed by atoms with van der Waals surface area (Å²) in [6, 6.07) is 13.4. The monoisotopic (exact) mass is 425 g/mol. The van der Waals surface area contributed by atoms with Gasteiger partial charge in [0.05, 0.1) is 22.4 Å². The van der Waals surface area contributed by atoms with Crippen molar-refractivity contribution >= 4 is 33.9 Å². The summed E-state index contributed by atoms with van der Waals surface area (Å²) in [5.41, 5.74) is 2.86. The van der Waals surface area contributed by atoms with Crippen LogP contribution in [0.2, 0.25) is 0 Å². The molecule has 0 aliphatic carbocycles. The molecule has 0 spiro atoms. The molecule has 2 aromatic carbocycles. The van der Waals surface area contributed by atoms with E-state index >= 15 is 0 Å². The van der Waals surface area contributed by atoms with Crippen LogP contribution in [0.5, 0.6) is 11.5 Å². The van der Waals surface area contributed by atoms with Crippen molar-refractivity contribution < 1.29 is 19.1 Å². The van der Waals surface area contributed by atoms with Crippen LogP contribution in [0, 0.1) is 0 Å². The summed E-state index contributed by atoms with van der Waals surface area (Å²) in [6.07, 6.45) is 0.622. The van der Waals surface area contributed by atoms with Crippen LogP contribution >= 0.6 is 11.8 Å². The average molecular weight is 426 g/mol. The van der Waals surface area contributed by atoms with E-state index in [1.54, 1.807) is 0 Å². The Bertz CT molecular complexity index is 1090. The highest BCUT2D eigenvalue weighted by atomic mass is 32.2. The number of hydrogen-bond acceptors (Lipinski definition) is 6. The number of aryl methyl sites for hydroxylation is 1. The summed E-state index contributed by atoms with van der Waals surface area (Å²) in [4.78, 5) is 27.6. The molecule has 156 valence electrons. The number of hydrogen-bond donors (Lipinski definition) is 1. The van der Waals surface area contributed by atoms with Crippen molar-refractivity contribution in [2.75, 3.05) is 0 Å². The third-order valence-corrected chi connectivity index (χ3v) is 5.78. The van der Waals surface area contributed by atoms with E-state index < -0.39 is 0 Å². The predicted molar refractivity (Wildman–Crippen MR) is 116 cm³/mol. The normalized spacial score (nSPS) is 16.3. The second-order valence-electron chi connectivity index (χ2n) is 7.42. The van der Waals surface area contributed by atoms with Crippen molar-refractivity contribution in [1.29, 1.82) is 0 Å². The van der Waals surface area contributed by atoms with Gasteiger partial charge in [0.25, 0.3) is 5.24 Å². The molecule has 1 aliphatic rings. The fourth-order valence-corrected chi connectivity index (χ4v) is 4.17. The van der Waals surface area contributed by atoms with Crippen LogP contribution in [0.1, 0.15) is 25.2 Å². The number of benzene rings is 2. The Morgan fingerprint density at radius 3 is 2.53 bits per heavy atom. The van der Waals surface area contributed by atoms with Gasteiger partial charge in [-0.1, -0.05) is 23.9 Å². The zero-order valence-electron chi connectivity index (χ0n) is 17.0. The molecule has 1 aromatic heterocycles. The van der Waals surface area contributed by atoms with E-state index in [9.17, 15) is 9.59 Å². The summed E-state index contributed by atoms with van der Waals surface area (Å²) >= 11 is 1.04. The number of nitrogens with one attached hydrogen (secondary N) is 1. The maximum absolute atomic E-state index is 11.7. The molecule has 0 saturated carbocycles. The van der Waals surface area contributed by atoms with Crippen LogP contribution in [0.25, 0.3) is 11.0 Å². The van der Waals surface area contributed by atoms with Crippen molar-refractivity contribution in [1.82, 2.24) is 14.9 Å². The molecule has 1 unspecified atom stereocenters. The molecule has 1 fully saturated rings. The Balaban J connectivity index is 1.40. The van der Waals surface area contributed by atoms with E-state index in [0.717, 1.165) is 39.9 Å². The minimum Gasteiger partial charge on any atom is -0.491 e. The Hall–Kier alpha value is -3.00. The molecule has 8 heteroatoms. The highest BCUT2D eigenvalue weighted by Crippen LogP contribution is 2.25. The highest BCUT2D eigenvalue weighted by molar-refractivity contribution is 8.15. The number of imidazole rings is 1. The van der Waals surface area contributed by atoms with Crippen molar-refractivity contribution in [2.45, 2.75) is 38.2 Å². The zero-order valence-corrected chi connectivity index (χ0v) is 17.9. The summed E-state index contributed by atoms with van der Waals surface area (Å²) in [5, 5.41) is 1.66. The quantitative estimate of drug-likeness (QED) is 0.619. The Labute approximate surface area is 178 Å². The number of imide groups is 1. The van der Waals surface area contributed by atoms with Crippen molar-refractivity contribution in [3.05, 3.63) is 53.9 Å². The van der Waals surface area contributed by atoms with E-state index in [2.05, 4.69) is 10.3 Å². The second-order valence-corrected chi connectivity index (χ2v) is 8.60. The van der Waals surface area contributed by atoms with Crippen LogP contribution in [0.15, 0.2) is 42.5 Å². The van der Waals surface area contributed by atoms with Gasteiger partial charge >= 0.3 is 0 Å². The van der Waals surface area contributed by atoms with Gasteiger partial charge in [-0.15, -0.1) is 0 Å². The lowest BCUT2D eigenvalue weighted by Gasteiger charge is -2.10. The Morgan fingerprint density at radius 2 is 1.87 bits per heavy atom. The predicted octanol–water partition coefficient (Wildman–Crippen LogP) is 3.83. The molecule has 30 heavy (non-hydrogen) atoms. The van der Waals surface area contributed by atoms with Gasteiger partial charge in [0.15, 0.2) is 0 Å². The second kappa shape index (κ2) is 8.39. The van der Waals surface area contributed by atoms with Gasteiger partial charge in [-0.3, -0.25) is 14.9 Å². The molecule has 7 nitrogen and oxygen atoms in total. The van der Waals surface area contributed by atoms with Crippen molar-refractivity contribution in [2.24, 2.45) is 7.05 Å². The summed E-state index contributed by atoms with van der Waals surface area (Å²) in [5.74, 6) is 2.12. The summed E-state index contributed by atoms with van der Waals surface area (Å²) in [7, 11) is 1.96. The maximum Gasteiger partial charge on any atom is 0.286 e. The third kappa shape index (κ3) is 4.43. The van der Waals surface area contributed by atoms with Crippen molar-refractivity contribution in [3.63, 3.8) is 0 Å². The smallest absolute Gasteiger partial charge is 0.286 e. The molecular weight excluding hydrogens is 402 g/mol. The summed E-state index contributed by atoms with van der Waals surface area (Å²) < 4.78 is 13.7. The number of fused-ring (bicyclic) bond motifs is 1. The molecule has 0 radical (unpaired) electrons. The van der Waals surface area contributed by atoms with Crippen LogP contribution in [-0.2, 0) is 24.9 Å². The van der Waals surface area contributed by atoms with Gasteiger partial charge in [-0.25, -0.2) is 4.98 Å². The van der Waals surface area contributed by atoms with Gasteiger partial charge in [-0.2, -0.15) is 0 Å². The van der Waals surface area contributed by atoms with Gasteiger partial charge in [0.2, 0.25) is 5.91 Å². The Kier molecular flexibility index (Phi) is 5.67. The minimum atomic E-state index is -0.367.